The molecule has 37 heavy (non-hydrogen) atoms. The van der Waals surface area contributed by atoms with Crippen LogP contribution in [0.1, 0.15) is 31.0 Å². The van der Waals surface area contributed by atoms with Crippen LogP contribution >= 0.6 is 11.6 Å². The zero-order valence-electron chi connectivity index (χ0n) is 20.9. The van der Waals surface area contributed by atoms with Gasteiger partial charge in [0.25, 0.3) is 0 Å². The molecule has 4 rings (SSSR count). The largest absolute Gasteiger partial charge is 0.491 e. The van der Waals surface area contributed by atoms with E-state index in [0.29, 0.717) is 36.1 Å². The number of hydrogen-bond donors (Lipinski definition) is 2. The fourth-order valence-electron chi connectivity index (χ4n) is 4.84. The zero-order chi connectivity index (χ0) is 26.6. The van der Waals surface area contributed by atoms with Crippen LogP contribution in [0.25, 0.3) is 4.85 Å². The summed E-state index contributed by atoms with van der Waals surface area (Å²) in [6.45, 7) is 12.8. The maximum atomic E-state index is 13.8. The lowest BCUT2D eigenvalue weighted by Crippen LogP contribution is -2.56. The molecule has 0 bridgehead atoms. The van der Waals surface area contributed by atoms with Gasteiger partial charge in [-0.15, -0.1) is 0 Å². The topological polar surface area (TPSA) is 60.5 Å². The molecule has 0 amide bonds. The Hall–Kier alpha value is -3.15. The van der Waals surface area contributed by atoms with Crippen LogP contribution in [0.2, 0.25) is 5.02 Å². The van der Waals surface area contributed by atoms with Crippen molar-refractivity contribution < 1.29 is 19.3 Å². The number of aliphatic hydroxyl groups is 2. The van der Waals surface area contributed by atoms with E-state index in [1.165, 1.54) is 12.1 Å². The minimum atomic E-state index is -1.13. The van der Waals surface area contributed by atoms with Crippen molar-refractivity contribution in [1.82, 2.24) is 4.90 Å². The molecule has 1 heterocycles. The molecule has 0 spiro atoms. The number of hydrogen-bond acceptors (Lipinski definition) is 5. The first-order valence-corrected chi connectivity index (χ1v) is 12.6. The van der Waals surface area contributed by atoms with Crippen LogP contribution in [0.5, 0.6) is 5.75 Å². The summed E-state index contributed by atoms with van der Waals surface area (Å²) in [5.74, 6) is 0.277. The SMILES string of the molecule is [C-]#[N+]c1ccc([C@](C)(O)CN2C[C@@H](c3ccc(F)cc3)N(c3ccc(OCCO)cc3Cl)C[C@H]2C)cc1. The quantitative estimate of drug-likeness (QED) is 0.378. The molecule has 3 atom stereocenters. The van der Waals surface area contributed by atoms with Gasteiger partial charge in [-0.05, 0) is 49.2 Å². The molecule has 0 aromatic heterocycles. The molecule has 0 unspecified atom stereocenters. The second kappa shape index (κ2) is 11.5. The van der Waals surface area contributed by atoms with Gasteiger partial charge in [0.1, 0.15) is 18.2 Å². The van der Waals surface area contributed by atoms with Crippen LogP contribution in [0.15, 0.2) is 66.7 Å². The summed E-state index contributed by atoms with van der Waals surface area (Å²) in [5.41, 5.74) is 1.92. The number of anilines is 1. The van der Waals surface area contributed by atoms with Gasteiger partial charge in [-0.2, -0.15) is 0 Å². The molecule has 6 nitrogen and oxygen atoms in total. The monoisotopic (exact) mass is 523 g/mol. The molecule has 1 aliphatic rings. The van der Waals surface area contributed by atoms with Gasteiger partial charge in [0.05, 0.1) is 35.5 Å². The van der Waals surface area contributed by atoms with Crippen LogP contribution in [-0.4, -0.2) is 54.0 Å². The van der Waals surface area contributed by atoms with Crippen molar-refractivity contribution in [2.24, 2.45) is 0 Å². The normalized spacial score (nSPS) is 19.8. The molecule has 3 aromatic carbocycles. The van der Waals surface area contributed by atoms with Gasteiger partial charge in [0.2, 0.25) is 0 Å². The van der Waals surface area contributed by atoms with Gasteiger partial charge >= 0.3 is 0 Å². The van der Waals surface area contributed by atoms with Crippen molar-refractivity contribution in [1.29, 1.82) is 0 Å². The standard InChI is InChI=1S/C29H31ClFN3O3/c1-20-17-34(27-13-12-25(16-26(27)30)37-15-14-35)28(21-4-8-23(31)9-5-21)18-33(20)19-29(2,36)22-6-10-24(32-3)11-7-22/h4-13,16,20,28,35-36H,14-15,17-19H2,1-2H3/t20-,28+,29-/m1/s1. The van der Waals surface area contributed by atoms with E-state index in [9.17, 15) is 9.50 Å². The van der Waals surface area contributed by atoms with Crippen molar-refractivity contribution in [2.45, 2.75) is 31.5 Å². The van der Waals surface area contributed by atoms with Crippen LogP contribution in [0.4, 0.5) is 15.8 Å². The minimum absolute atomic E-state index is 0.0760. The van der Waals surface area contributed by atoms with Gasteiger partial charge in [0.15, 0.2) is 5.69 Å². The zero-order valence-corrected chi connectivity index (χ0v) is 21.7. The fraction of sp³-hybridized carbons (Fsp3) is 0.345. The Bertz CT molecular complexity index is 1240. The van der Waals surface area contributed by atoms with Gasteiger partial charge in [-0.25, -0.2) is 9.24 Å². The summed E-state index contributed by atoms with van der Waals surface area (Å²) in [6, 6.07) is 18.9. The van der Waals surface area contributed by atoms with E-state index < -0.39 is 5.60 Å². The number of nitrogens with zero attached hydrogens (tertiary/aromatic N) is 3. The van der Waals surface area contributed by atoms with Crippen molar-refractivity contribution in [3.63, 3.8) is 0 Å². The Morgan fingerprint density at radius 1 is 1.11 bits per heavy atom. The molecule has 194 valence electrons. The third-order valence-corrected chi connectivity index (χ3v) is 7.14. The number of halogens is 2. The lowest BCUT2D eigenvalue weighted by atomic mass is 9.92. The molecule has 1 fully saturated rings. The smallest absolute Gasteiger partial charge is 0.187 e. The van der Waals surface area contributed by atoms with Gasteiger partial charge in [0, 0.05) is 31.7 Å². The Morgan fingerprint density at radius 3 is 2.43 bits per heavy atom. The highest BCUT2D eigenvalue weighted by atomic mass is 35.5. The van der Waals surface area contributed by atoms with E-state index in [4.69, 9.17) is 28.0 Å². The molecule has 0 aliphatic carbocycles. The summed E-state index contributed by atoms with van der Waals surface area (Å²) in [4.78, 5) is 7.88. The molecule has 0 saturated carbocycles. The van der Waals surface area contributed by atoms with E-state index in [2.05, 4.69) is 21.6 Å². The highest BCUT2D eigenvalue weighted by Gasteiger charge is 2.37. The van der Waals surface area contributed by atoms with Crippen molar-refractivity contribution in [3.8, 4) is 5.75 Å². The maximum Gasteiger partial charge on any atom is 0.187 e. The van der Waals surface area contributed by atoms with Crippen LogP contribution < -0.4 is 9.64 Å². The number of piperazine rings is 1. The molecule has 1 aliphatic heterocycles. The first-order chi connectivity index (χ1) is 17.7. The number of aliphatic hydroxyl groups excluding tert-OH is 1. The summed E-state index contributed by atoms with van der Waals surface area (Å²) in [5, 5.41) is 21.0. The Kier molecular flexibility index (Phi) is 8.35. The van der Waals surface area contributed by atoms with Crippen molar-refractivity contribution >= 4 is 23.0 Å². The predicted octanol–water partition coefficient (Wildman–Crippen LogP) is 5.56. The summed E-state index contributed by atoms with van der Waals surface area (Å²) in [7, 11) is 0. The average Bonchev–Trinajstić information content (AvgIpc) is 2.89. The highest BCUT2D eigenvalue weighted by Crippen LogP contribution is 2.39. The Morgan fingerprint density at radius 2 is 1.81 bits per heavy atom. The summed E-state index contributed by atoms with van der Waals surface area (Å²) < 4.78 is 19.3. The van der Waals surface area contributed by atoms with Gasteiger partial charge in [-0.1, -0.05) is 48.0 Å². The first kappa shape index (κ1) is 26.9. The Labute approximate surface area is 222 Å². The molecular formula is C29H31ClFN3O3. The predicted molar refractivity (Wildman–Crippen MR) is 144 cm³/mol. The van der Waals surface area contributed by atoms with Gasteiger partial charge < -0.3 is 19.8 Å². The lowest BCUT2D eigenvalue weighted by molar-refractivity contribution is -0.00367. The molecule has 0 radical (unpaired) electrons. The number of ether oxygens (including phenoxy) is 1. The second-order valence-electron chi connectivity index (χ2n) is 9.62. The summed E-state index contributed by atoms with van der Waals surface area (Å²) >= 11 is 6.70. The fourth-order valence-corrected chi connectivity index (χ4v) is 5.12. The number of benzene rings is 3. The average molecular weight is 524 g/mol. The molecule has 1 saturated heterocycles. The minimum Gasteiger partial charge on any atom is -0.491 e. The molecule has 8 heteroatoms. The third-order valence-electron chi connectivity index (χ3n) is 6.84. The van der Waals surface area contributed by atoms with E-state index >= 15 is 0 Å². The van der Waals surface area contributed by atoms with Gasteiger partial charge in [-0.3, -0.25) is 4.90 Å². The van der Waals surface area contributed by atoms with E-state index in [1.807, 2.05) is 12.1 Å². The van der Waals surface area contributed by atoms with Crippen LogP contribution in [-0.2, 0) is 5.60 Å². The second-order valence-corrected chi connectivity index (χ2v) is 10.0. The first-order valence-electron chi connectivity index (χ1n) is 12.2. The van der Waals surface area contributed by atoms with Crippen molar-refractivity contribution in [3.05, 3.63) is 100 Å². The lowest BCUT2D eigenvalue weighted by Gasteiger charge is -2.48. The highest BCUT2D eigenvalue weighted by molar-refractivity contribution is 6.33. The molecule has 2 N–H and O–H groups in total. The number of rotatable bonds is 8. The third kappa shape index (κ3) is 6.23. The number of β-amino-alcohol motifs (C(OH)–C–C–N with tert-alkyl or cyclic N) is 1. The van der Waals surface area contributed by atoms with E-state index in [-0.39, 0.29) is 31.1 Å². The van der Waals surface area contributed by atoms with Crippen LogP contribution in [0.3, 0.4) is 0 Å². The molecule has 3 aromatic rings. The van der Waals surface area contributed by atoms with E-state index in [1.54, 1.807) is 49.4 Å². The maximum absolute atomic E-state index is 13.8. The Balaban J connectivity index is 1.63. The van der Waals surface area contributed by atoms with E-state index in [0.717, 1.165) is 16.8 Å². The molecular weight excluding hydrogens is 493 g/mol. The van der Waals surface area contributed by atoms with Crippen molar-refractivity contribution in [2.75, 3.05) is 37.7 Å². The van der Waals surface area contributed by atoms with Crippen LogP contribution in [0, 0.1) is 12.4 Å². The summed E-state index contributed by atoms with van der Waals surface area (Å²) in [6.07, 6.45) is 0.